The van der Waals surface area contributed by atoms with E-state index in [2.05, 4.69) is 9.72 Å². The number of rotatable bonds is 2. The Morgan fingerprint density at radius 2 is 1.95 bits per heavy atom. The molecule has 0 N–H and O–H groups in total. The molecule has 0 spiro atoms. The van der Waals surface area contributed by atoms with Gasteiger partial charge in [0, 0.05) is 11.8 Å². The lowest BCUT2D eigenvalue weighted by atomic mass is 10.0. The number of hydrogen-bond acceptors (Lipinski definition) is 3. The standard InChI is InChI=1S/C14H9ClF3NO2/c1-21-13(20)12-11(15)6-9(7-19-12)8-3-2-4-10(5-8)14(16,17)18/h2-7H,1H3. The quantitative estimate of drug-likeness (QED) is 0.779. The van der Waals surface area contributed by atoms with Crippen molar-refractivity contribution in [3.05, 3.63) is 52.8 Å². The number of hydrogen-bond donors (Lipinski definition) is 0. The van der Waals surface area contributed by atoms with E-state index in [-0.39, 0.29) is 10.7 Å². The SMILES string of the molecule is COC(=O)c1ncc(-c2cccc(C(F)(F)F)c2)cc1Cl. The van der Waals surface area contributed by atoms with Gasteiger partial charge in [-0.3, -0.25) is 0 Å². The van der Waals surface area contributed by atoms with Crippen molar-refractivity contribution in [1.29, 1.82) is 0 Å². The van der Waals surface area contributed by atoms with Crippen LogP contribution >= 0.6 is 11.6 Å². The molecule has 2 aromatic rings. The summed E-state index contributed by atoms with van der Waals surface area (Å²) in [5.41, 5.74) is -0.183. The van der Waals surface area contributed by atoms with Gasteiger partial charge in [-0.15, -0.1) is 0 Å². The summed E-state index contributed by atoms with van der Waals surface area (Å²) in [5, 5.41) is 0.0109. The molecule has 110 valence electrons. The van der Waals surface area contributed by atoms with E-state index in [0.29, 0.717) is 11.1 Å². The third kappa shape index (κ3) is 3.33. The molecule has 0 aliphatic carbocycles. The van der Waals surface area contributed by atoms with Crippen molar-refractivity contribution >= 4 is 17.6 Å². The molecule has 1 heterocycles. The molecule has 2 rings (SSSR count). The highest BCUT2D eigenvalue weighted by Crippen LogP contribution is 2.32. The van der Waals surface area contributed by atoms with Crippen LogP contribution in [0.25, 0.3) is 11.1 Å². The lowest BCUT2D eigenvalue weighted by Crippen LogP contribution is -2.06. The fourth-order valence-corrected chi connectivity index (χ4v) is 1.96. The van der Waals surface area contributed by atoms with Crippen LogP contribution in [0.2, 0.25) is 5.02 Å². The van der Waals surface area contributed by atoms with Gasteiger partial charge in [-0.1, -0.05) is 23.7 Å². The zero-order valence-electron chi connectivity index (χ0n) is 10.7. The van der Waals surface area contributed by atoms with Gasteiger partial charge in [0.1, 0.15) is 0 Å². The third-order valence-corrected chi connectivity index (χ3v) is 3.03. The van der Waals surface area contributed by atoms with Crippen molar-refractivity contribution in [1.82, 2.24) is 4.98 Å². The second kappa shape index (κ2) is 5.73. The van der Waals surface area contributed by atoms with E-state index in [9.17, 15) is 18.0 Å². The highest BCUT2D eigenvalue weighted by Gasteiger charge is 2.30. The molecule has 21 heavy (non-hydrogen) atoms. The Bertz CT molecular complexity index is 686. The van der Waals surface area contributed by atoms with Crippen LogP contribution in [0.5, 0.6) is 0 Å². The molecule has 1 aromatic carbocycles. The normalized spacial score (nSPS) is 11.3. The number of alkyl halides is 3. The minimum atomic E-state index is -4.43. The number of aromatic nitrogens is 1. The number of benzene rings is 1. The van der Waals surface area contributed by atoms with Gasteiger partial charge in [0.05, 0.1) is 17.7 Å². The number of nitrogens with zero attached hydrogens (tertiary/aromatic N) is 1. The highest BCUT2D eigenvalue weighted by atomic mass is 35.5. The van der Waals surface area contributed by atoms with E-state index in [1.807, 2.05) is 0 Å². The average Bonchev–Trinajstić information content (AvgIpc) is 2.45. The van der Waals surface area contributed by atoms with E-state index in [0.717, 1.165) is 12.1 Å². The maximum atomic E-state index is 12.7. The molecule has 3 nitrogen and oxygen atoms in total. The van der Waals surface area contributed by atoms with E-state index in [1.54, 1.807) is 0 Å². The molecule has 1 aromatic heterocycles. The summed E-state index contributed by atoms with van der Waals surface area (Å²) in [6, 6.07) is 6.13. The number of pyridine rings is 1. The Balaban J connectivity index is 2.44. The molecule has 0 aliphatic heterocycles. The van der Waals surface area contributed by atoms with Crippen molar-refractivity contribution < 1.29 is 22.7 Å². The van der Waals surface area contributed by atoms with E-state index >= 15 is 0 Å². The summed E-state index contributed by atoms with van der Waals surface area (Å²) in [7, 11) is 1.18. The Hall–Kier alpha value is -2.08. The molecule has 7 heteroatoms. The second-order valence-corrected chi connectivity index (χ2v) is 4.53. The predicted molar refractivity (Wildman–Crippen MR) is 71.0 cm³/mol. The summed E-state index contributed by atoms with van der Waals surface area (Å²) < 4.78 is 42.5. The van der Waals surface area contributed by atoms with Crippen molar-refractivity contribution in [3.63, 3.8) is 0 Å². The Morgan fingerprint density at radius 1 is 1.24 bits per heavy atom. The smallest absolute Gasteiger partial charge is 0.416 e. The molecule has 0 atom stereocenters. The average molecular weight is 316 g/mol. The van der Waals surface area contributed by atoms with Gasteiger partial charge in [0.25, 0.3) is 0 Å². The van der Waals surface area contributed by atoms with Gasteiger partial charge in [-0.25, -0.2) is 9.78 Å². The fourth-order valence-electron chi connectivity index (χ4n) is 1.72. The molecule has 0 unspecified atom stereocenters. The molecule has 0 amide bonds. The van der Waals surface area contributed by atoms with Crippen LogP contribution in [0.3, 0.4) is 0 Å². The zero-order chi connectivity index (χ0) is 15.6. The first-order chi connectivity index (χ1) is 9.82. The molecule has 0 aliphatic rings. The van der Waals surface area contributed by atoms with Crippen LogP contribution in [-0.4, -0.2) is 18.1 Å². The lowest BCUT2D eigenvalue weighted by molar-refractivity contribution is -0.137. The largest absolute Gasteiger partial charge is 0.464 e. The van der Waals surface area contributed by atoms with Crippen molar-refractivity contribution in [2.45, 2.75) is 6.18 Å². The van der Waals surface area contributed by atoms with Crippen LogP contribution in [0.1, 0.15) is 16.1 Å². The Morgan fingerprint density at radius 3 is 2.52 bits per heavy atom. The van der Waals surface area contributed by atoms with Crippen LogP contribution in [0.4, 0.5) is 13.2 Å². The van der Waals surface area contributed by atoms with Gasteiger partial charge in [0.2, 0.25) is 0 Å². The summed E-state index contributed by atoms with van der Waals surface area (Å²) in [6.07, 6.45) is -3.16. The second-order valence-electron chi connectivity index (χ2n) is 4.12. The van der Waals surface area contributed by atoms with Gasteiger partial charge >= 0.3 is 12.1 Å². The van der Waals surface area contributed by atoms with Gasteiger partial charge < -0.3 is 4.74 Å². The van der Waals surface area contributed by atoms with Crippen LogP contribution in [0, 0.1) is 0 Å². The molecular weight excluding hydrogens is 307 g/mol. The van der Waals surface area contributed by atoms with Crippen molar-refractivity contribution in [2.75, 3.05) is 7.11 Å². The van der Waals surface area contributed by atoms with Crippen molar-refractivity contribution in [2.24, 2.45) is 0 Å². The first kappa shape index (κ1) is 15.3. The highest BCUT2D eigenvalue weighted by molar-refractivity contribution is 6.33. The maximum absolute atomic E-state index is 12.7. The van der Waals surface area contributed by atoms with E-state index in [1.165, 1.54) is 31.5 Å². The van der Waals surface area contributed by atoms with Crippen LogP contribution in [-0.2, 0) is 10.9 Å². The summed E-state index contributed by atoms with van der Waals surface area (Å²) in [5.74, 6) is -0.712. The molecule has 0 fully saturated rings. The molecule has 0 saturated heterocycles. The fraction of sp³-hybridized carbons (Fsp3) is 0.143. The van der Waals surface area contributed by atoms with Crippen LogP contribution in [0.15, 0.2) is 36.5 Å². The number of carbonyl (C=O) groups excluding carboxylic acids is 1. The first-order valence-electron chi connectivity index (χ1n) is 5.74. The maximum Gasteiger partial charge on any atom is 0.416 e. The monoisotopic (exact) mass is 315 g/mol. The number of methoxy groups -OCH3 is 1. The number of ether oxygens (including phenoxy) is 1. The van der Waals surface area contributed by atoms with Crippen molar-refractivity contribution in [3.8, 4) is 11.1 Å². The molecule has 0 bridgehead atoms. The van der Waals surface area contributed by atoms with E-state index in [4.69, 9.17) is 11.6 Å². The molecular formula is C14H9ClF3NO2. The Labute approximate surface area is 123 Å². The van der Waals surface area contributed by atoms with Gasteiger partial charge in [0.15, 0.2) is 5.69 Å². The number of esters is 1. The number of halogens is 4. The molecule has 0 radical (unpaired) electrons. The minimum absolute atomic E-state index is 0.0109. The van der Waals surface area contributed by atoms with Crippen LogP contribution < -0.4 is 0 Å². The predicted octanol–water partition coefficient (Wildman–Crippen LogP) is 4.21. The summed E-state index contributed by atoms with van der Waals surface area (Å²) in [4.78, 5) is 15.2. The van der Waals surface area contributed by atoms with E-state index < -0.39 is 17.7 Å². The topological polar surface area (TPSA) is 39.2 Å². The third-order valence-electron chi connectivity index (χ3n) is 2.74. The first-order valence-corrected chi connectivity index (χ1v) is 6.12. The molecule has 0 saturated carbocycles. The van der Waals surface area contributed by atoms with Gasteiger partial charge in [-0.05, 0) is 23.8 Å². The summed E-state index contributed by atoms with van der Waals surface area (Å²) in [6.45, 7) is 0. The lowest BCUT2D eigenvalue weighted by Gasteiger charge is -2.09. The Kier molecular flexibility index (Phi) is 4.18. The van der Waals surface area contributed by atoms with Gasteiger partial charge in [-0.2, -0.15) is 13.2 Å². The number of carbonyl (C=O) groups is 1. The zero-order valence-corrected chi connectivity index (χ0v) is 11.5. The summed E-state index contributed by atoms with van der Waals surface area (Å²) >= 11 is 5.90. The minimum Gasteiger partial charge on any atom is -0.464 e.